The average Bonchev–Trinajstić information content (AvgIpc) is 2.49. The molecule has 0 fully saturated rings. The van der Waals surface area contributed by atoms with Crippen molar-refractivity contribution in [2.75, 3.05) is 0 Å². The zero-order valence-electron chi connectivity index (χ0n) is 15.0. The molecule has 1 aliphatic rings. The Labute approximate surface area is 135 Å². The van der Waals surface area contributed by atoms with E-state index in [1.54, 1.807) is 0 Å². The first-order valence-electron chi connectivity index (χ1n) is 8.32. The maximum absolute atomic E-state index is 2.40. The second-order valence-electron chi connectivity index (χ2n) is 8.47. The molecule has 0 saturated carbocycles. The monoisotopic (exact) mass is 292 g/mol. The molecule has 0 aromatic heterocycles. The van der Waals surface area contributed by atoms with Gasteiger partial charge in [-0.25, -0.2) is 0 Å². The summed E-state index contributed by atoms with van der Waals surface area (Å²) in [7, 11) is 0. The van der Waals surface area contributed by atoms with Gasteiger partial charge in [0.15, 0.2) is 0 Å². The molecule has 116 valence electrons. The largest absolute Gasteiger partial charge is 0.0620 e. The Morgan fingerprint density at radius 2 is 1.09 bits per heavy atom. The molecule has 0 unspecified atom stereocenters. The van der Waals surface area contributed by atoms with E-state index in [4.69, 9.17) is 0 Å². The van der Waals surface area contributed by atoms with E-state index in [9.17, 15) is 0 Å². The molecular weight excluding hydrogens is 264 g/mol. The SMILES string of the molecule is Cc1ccc2c(c1)C(C)(C)c1ccccc1C(C)(C)C2(C)C. The normalized spacial score (nSPS) is 20.7. The van der Waals surface area contributed by atoms with Gasteiger partial charge in [0.1, 0.15) is 0 Å². The number of hydrogen-bond donors (Lipinski definition) is 0. The van der Waals surface area contributed by atoms with Gasteiger partial charge in [-0.3, -0.25) is 0 Å². The highest BCUT2D eigenvalue weighted by Crippen LogP contribution is 2.53. The molecule has 22 heavy (non-hydrogen) atoms. The van der Waals surface area contributed by atoms with Crippen molar-refractivity contribution in [3.8, 4) is 0 Å². The third kappa shape index (κ3) is 1.82. The Morgan fingerprint density at radius 3 is 1.68 bits per heavy atom. The van der Waals surface area contributed by atoms with Gasteiger partial charge in [0, 0.05) is 5.41 Å². The first kappa shape index (κ1) is 15.3. The van der Waals surface area contributed by atoms with Crippen molar-refractivity contribution >= 4 is 0 Å². The Bertz CT molecular complexity index is 729. The van der Waals surface area contributed by atoms with E-state index in [-0.39, 0.29) is 16.2 Å². The molecule has 2 aromatic carbocycles. The van der Waals surface area contributed by atoms with Gasteiger partial charge in [0.25, 0.3) is 0 Å². The molecule has 0 nitrogen and oxygen atoms in total. The predicted octanol–water partition coefficient (Wildman–Crippen LogP) is 5.89. The Morgan fingerprint density at radius 1 is 0.591 bits per heavy atom. The number of hydrogen-bond acceptors (Lipinski definition) is 0. The van der Waals surface area contributed by atoms with Crippen molar-refractivity contribution < 1.29 is 0 Å². The zero-order chi connectivity index (χ0) is 16.3. The fourth-order valence-electron chi connectivity index (χ4n) is 4.11. The van der Waals surface area contributed by atoms with Crippen LogP contribution in [0.5, 0.6) is 0 Å². The van der Waals surface area contributed by atoms with Crippen molar-refractivity contribution in [2.45, 2.75) is 64.7 Å². The lowest BCUT2D eigenvalue weighted by atomic mass is 9.61. The standard InChI is InChI=1S/C22H28/c1-15-12-13-18-19(14-15)20(2,3)16-10-8-9-11-17(16)21(4,5)22(18,6)7/h8-14H,1-7H3. The van der Waals surface area contributed by atoms with Gasteiger partial charge in [-0.05, 0) is 40.0 Å². The number of rotatable bonds is 0. The van der Waals surface area contributed by atoms with Crippen LogP contribution in [-0.4, -0.2) is 0 Å². The summed E-state index contributed by atoms with van der Waals surface area (Å²) in [6, 6.07) is 16.1. The Kier molecular flexibility index (Phi) is 3.12. The van der Waals surface area contributed by atoms with Crippen molar-refractivity contribution in [1.29, 1.82) is 0 Å². The first-order chi connectivity index (χ1) is 10.1. The minimum Gasteiger partial charge on any atom is -0.0620 e. The molecule has 0 heteroatoms. The highest BCUT2D eigenvalue weighted by Gasteiger charge is 2.47. The van der Waals surface area contributed by atoms with E-state index < -0.39 is 0 Å². The Hall–Kier alpha value is -1.56. The summed E-state index contributed by atoms with van der Waals surface area (Å²) in [4.78, 5) is 0. The first-order valence-corrected chi connectivity index (χ1v) is 8.32. The van der Waals surface area contributed by atoms with Crippen molar-refractivity contribution in [3.63, 3.8) is 0 Å². The Balaban J connectivity index is 2.49. The highest BCUT2D eigenvalue weighted by atomic mass is 14.5. The highest BCUT2D eigenvalue weighted by molar-refractivity contribution is 5.56. The molecule has 1 aliphatic carbocycles. The lowest BCUT2D eigenvalue weighted by Crippen LogP contribution is -2.40. The van der Waals surface area contributed by atoms with E-state index >= 15 is 0 Å². The van der Waals surface area contributed by atoms with E-state index in [1.807, 2.05) is 0 Å². The van der Waals surface area contributed by atoms with Crippen LogP contribution in [-0.2, 0) is 16.2 Å². The average molecular weight is 292 g/mol. The summed E-state index contributed by atoms with van der Waals surface area (Å²) in [6.45, 7) is 16.6. The van der Waals surface area contributed by atoms with Gasteiger partial charge >= 0.3 is 0 Å². The number of benzene rings is 2. The van der Waals surface area contributed by atoms with Crippen molar-refractivity contribution in [3.05, 3.63) is 70.3 Å². The molecular formula is C22H28. The summed E-state index contributed by atoms with van der Waals surface area (Å²) in [5, 5.41) is 0. The van der Waals surface area contributed by atoms with Crippen LogP contribution in [0.25, 0.3) is 0 Å². The smallest absolute Gasteiger partial charge is 0.0152 e. The van der Waals surface area contributed by atoms with Crippen LogP contribution in [0.2, 0.25) is 0 Å². The molecule has 0 aliphatic heterocycles. The summed E-state index contributed by atoms with van der Waals surface area (Å²) in [5.41, 5.74) is 7.47. The van der Waals surface area contributed by atoms with E-state index in [0.717, 1.165) is 0 Å². The van der Waals surface area contributed by atoms with Crippen LogP contribution in [0.1, 0.15) is 69.4 Å². The lowest BCUT2D eigenvalue weighted by Gasteiger charge is -2.42. The van der Waals surface area contributed by atoms with Crippen molar-refractivity contribution in [2.24, 2.45) is 0 Å². The summed E-state index contributed by atoms with van der Waals surface area (Å²) in [6.07, 6.45) is 0. The topological polar surface area (TPSA) is 0 Å². The van der Waals surface area contributed by atoms with Crippen LogP contribution in [0.15, 0.2) is 42.5 Å². The minimum atomic E-state index is 0.0307. The second kappa shape index (κ2) is 4.47. The summed E-state index contributed by atoms with van der Waals surface area (Å²) in [5.74, 6) is 0. The molecule has 0 amide bonds. The molecule has 0 spiro atoms. The van der Waals surface area contributed by atoms with Crippen LogP contribution >= 0.6 is 0 Å². The van der Waals surface area contributed by atoms with Gasteiger partial charge in [0.05, 0.1) is 0 Å². The number of aryl methyl sites for hydroxylation is 1. The molecule has 0 saturated heterocycles. The molecule has 0 N–H and O–H groups in total. The van der Waals surface area contributed by atoms with E-state index in [2.05, 4.69) is 90.9 Å². The van der Waals surface area contributed by atoms with Crippen molar-refractivity contribution in [1.82, 2.24) is 0 Å². The molecule has 0 bridgehead atoms. The van der Waals surface area contributed by atoms with E-state index in [0.29, 0.717) is 0 Å². The summed E-state index contributed by atoms with van der Waals surface area (Å²) >= 11 is 0. The maximum atomic E-state index is 2.40. The predicted molar refractivity (Wildman–Crippen MR) is 95.8 cm³/mol. The van der Waals surface area contributed by atoms with Gasteiger partial charge in [-0.1, -0.05) is 89.6 Å². The third-order valence-electron chi connectivity index (χ3n) is 6.36. The van der Waals surface area contributed by atoms with Gasteiger partial charge in [-0.15, -0.1) is 0 Å². The van der Waals surface area contributed by atoms with Crippen LogP contribution in [0.3, 0.4) is 0 Å². The molecule has 2 aromatic rings. The van der Waals surface area contributed by atoms with Gasteiger partial charge in [-0.2, -0.15) is 0 Å². The second-order valence-corrected chi connectivity index (χ2v) is 8.47. The maximum Gasteiger partial charge on any atom is 0.0152 e. The molecule has 0 atom stereocenters. The van der Waals surface area contributed by atoms with Crippen LogP contribution in [0, 0.1) is 6.92 Å². The fourth-order valence-corrected chi connectivity index (χ4v) is 4.11. The lowest BCUT2D eigenvalue weighted by molar-refractivity contribution is 0.304. The number of fused-ring (bicyclic) bond motifs is 2. The van der Waals surface area contributed by atoms with Gasteiger partial charge < -0.3 is 0 Å². The van der Waals surface area contributed by atoms with Crippen LogP contribution in [0.4, 0.5) is 0 Å². The van der Waals surface area contributed by atoms with E-state index in [1.165, 1.54) is 27.8 Å². The quantitative estimate of drug-likeness (QED) is 0.568. The minimum absolute atomic E-state index is 0.0307. The van der Waals surface area contributed by atoms with Crippen LogP contribution < -0.4 is 0 Å². The zero-order valence-corrected chi connectivity index (χ0v) is 15.0. The molecule has 0 heterocycles. The molecule has 0 radical (unpaired) electrons. The van der Waals surface area contributed by atoms with Gasteiger partial charge in [0.2, 0.25) is 0 Å². The third-order valence-corrected chi connectivity index (χ3v) is 6.36. The fraction of sp³-hybridized carbons (Fsp3) is 0.455. The summed E-state index contributed by atoms with van der Waals surface area (Å²) < 4.78 is 0. The molecule has 3 rings (SSSR count).